The molecule has 1 atom stereocenters. The second kappa shape index (κ2) is 6.30. The van der Waals surface area contributed by atoms with Gasteiger partial charge in [-0.25, -0.2) is 4.39 Å². The molecule has 1 aromatic rings. The van der Waals surface area contributed by atoms with Crippen LogP contribution < -0.4 is 11.1 Å². The maximum Gasteiger partial charge on any atom is 0.135 e. The van der Waals surface area contributed by atoms with E-state index in [4.69, 9.17) is 18.0 Å². The Bertz CT molecular complexity index is 464. The summed E-state index contributed by atoms with van der Waals surface area (Å²) >= 11 is 4.79. The molecule has 1 aliphatic heterocycles. The van der Waals surface area contributed by atoms with Gasteiger partial charge in [-0.15, -0.1) is 0 Å². The maximum atomic E-state index is 13.7. The number of rotatable bonds is 5. The minimum Gasteiger partial charge on any atom is -0.389 e. The minimum atomic E-state index is -0.365. The number of likely N-dealkylation sites (N-methyl/N-ethyl adjacent to an activating group) is 1. The third-order valence-corrected chi connectivity index (χ3v) is 3.90. The highest BCUT2D eigenvalue weighted by atomic mass is 32.1. The molecule has 1 heterocycles. The van der Waals surface area contributed by atoms with Crippen LogP contribution in [-0.2, 0) is 0 Å². The molecule has 104 valence electrons. The zero-order chi connectivity index (χ0) is 13.8. The Morgan fingerprint density at radius 3 is 3.00 bits per heavy atom. The van der Waals surface area contributed by atoms with E-state index in [-0.39, 0.29) is 10.8 Å². The van der Waals surface area contributed by atoms with Gasteiger partial charge in [-0.2, -0.15) is 0 Å². The van der Waals surface area contributed by atoms with Crippen molar-refractivity contribution < 1.29 is 4.39 Å². The molecule has 0 radical (unpaired) electrons. The van der Waals surface area contributed by atoms with Crippen molar-refractivity contribution in [1.29, 1.82) is 0 Å². The van der Waals surface area contributed by atoms with E-state index in [2.05, 4.69) is 17.1 Å². The number of nitrogens with one attached hydrogen (secondary N) is 1. The molecule has 0 bridgehead atoms. The summed E-state index contributed by atoms with van der Waals surface area (Å²) in [6.45, 7) is 5.26. The highest BCUT2D eigenvalue weighted by molar-refractivity contribution is 7.80. The molecule has 0 aliphatic carbocycles. The lowest BCUT2D eigenvalue weighted by atomic mass is 10.1. The minimum absolute atomic E-state index is 0.0944. The van der Waals surface area contributed by atoms with Crippen LogP contribution >= 0.6 is 12.2 Å². The van der Waals surface area contributed by atoms with Crippen LogP contribution in [0.15, 0.2) is 18.2 Å². The average molecular weight is 281 g/mol. The van der Waals surface area contributed by atoms with Crippen molar-refractivity contribution in [2.75, 3.05) is 25.0 Å². The van der Waals surface area contributed by atoms with E-state index in [0.717, 1.165) is 25.3 Å². The fourth-order valence-corrected chi connectivity index (χ4v) is 2.77. The van der Waals surface area contributed by atoms with E-state index in [1.165, 1.54) is 18.9 Å². The summed E-state index contributed by atoms with van der Waals surface area (Å²) in [5.41, 5.74) is 6.52. The molecule has 0 saturated carbocycles. The van der Waals surface area contributed by atoms with Gasteiger partial charge in [0.15, 0.2) is 0 Å². The van der Waals surface area contributed by atoms with Gasteiger partial charge in [-0.05, 0) is 44.1 Å². The second-order valence-corrected chi connectivity index (χ2v) is 5.30. The normalized spacial score (nSPS) is 19.6. The summed E-state index contributed by atoms with van der Waals surface area (Å²) in [7, 11) is 0. The Balaban J connectivity index is 1.96. The molecule has 2 rings (SSSR count). The van der Waals surface area contributed by atoms with E-state index < -0.39 is 0 Å². The van der Waals surface area contributed by atoms with Crippen LogP contribution in [0, 0.1) is 5.82 Å². The summed E-state index contributed by atoms with van der Waals surface area (Å²) < 4.78 is 13.7. The van der Waals surface area contributed by atoms with Gasteiger partial charge < -0.3 is 11.1 Å². The van der Waals surface area contributed by atoms with E-state index in [1.54, 1.807) is 6.07 Å². The van der Waals surface area contributed by atoms with Crippen LogP contribution in [-0.4, -0.2) is 35.6 Å². The number of nitrogens with two attached hydrogens (primary N) is 1. The monoisotopic (exact) mass is 281 g/mol. The number of likely N-dealkylation sites (tertiary alicyclic amines) is 1. The fraction of sp³-hybridized carbons (Fsp3) is 0.500. The predicted molar refractivity (Wildman–Crippen MR) is 81.0 cm³/mol. The average Bonchev–Trinajstić information content (AvgIpc) is 2.83. The Kier molecular flexibility index (Phi) is 4.71. The number of hydrogen-bond donors (Lipinski definition) is 2. The molecule has 1 fully saturated rings. The highest BCUT2D eigenvalue weighted by Crippen LogP contribution is 2.19. The van der Waals surface area contributed by atoms with Crippen LogP contribution in [0.5, 0.6) is 0 Å². The summed E-state index contributed by atoms with van der Waals surface area (Å²) in [4.78, 5) is 2.55. The maximum absolute atomic E-state index is 13.7. The van der Waals surface area contributed by atoms with Gasteiger partial charge in [0, 0.05) is 23.8 Å². The van der Waals surface area contributed by atoms with Gasteiger partial charge in [-0.3, -0.25) is 4.90 Å². The SMILES string of the molecule is CCN1CCCC1CNc1ccc(C(N)=S)c(F)c1. The largest absolute Gasteiger partial charge is 0.389 e. The fourth-order valence-electron chi connectivity index (χ4n) is 2.60. The van der Waals surface area contributed by atoms with Gasteiger partial charge in [0.05, 0.1) is 0 Å². The molecule has 3 N–H and O–H groups in total. The molecule has 0 spiro atoms. The molecule has 3 nitrogen and oxygen atoms in total. The van der Waals surface area contributed by atoms with Crippen LogP contribution in [0.2, 0.25) is 0 Å². The topological polar surface area (TPSA) is 41.3 Å². The Morgan fingerprint density at radius 1 is 1.58 bits per heavy atom. The Morgan fingerprint density at radius 2 is 2.37 bits per heavy atom. The van der Waals surface area contributed by atoms with Crippen molar-refractivity contribution in [3.8, 4) is 0 Å². The van der Waals surface area contributed by atoms with Crippen molar-refractivity contribution >= 4 is 22.9 Å². The lowest BCUT2D eigenvalue weighted by molar-refractivity contribution is 0.277. The summed E-state index contributed by atoms with van der Waals surface area (Å²) in [5, 5.41) is 3.29. The van der Waals surface area contributed by atoms with Crippen molar-refractivity contribution in [3.63, 3.8) is 0 Å². The number of halogens is 1. The first-order valence-corrected chi connectivity index (χ1v) is 7.10. The molecular formula is C14H20FN3S. The van der Waals surface area contributed by atoms with E-state index >= 15 is 0 Å². The van der Waals surface area contributed by atoms with Crippen LogP contribution in [0.1, 0.15) is 25.3 Å². The lowest BCUT2D eigenvalue weighted by Crippen LogP contribution is -2.34. The molecule has 1 unspecified atom stereocenters. The van der Waals surface area contributed by atoms with Gasteiger partial charge in [0.1, 0.15) is 10.8 Å². The quantitative estimate of drug-likeness (QED) is 0.813. The first-order valence-electron chi connectivity index (χ1n) is 6.69. The van der Waals surface area contributed by atoms with Gasteiger partial charge in [0.25, 0.3) is 0 Å². The van der Waals surface area contributed by atoms with E-state index in [0.29, 0.717) is 11.6 Å². The van der Waals surface area contributed by atoms with E-state index in [1.807, 2.05) is 6.07 Å². The molecule has 1 aliphatic rings. The van der Waals surface area contributed by atoms with Gasteiger partial charge in [-0.1, -0.05) is 19.1 Å². The zero-order valence-corrected chi connectivity index (χ0v) is 12.0. The number of benzene rings is 1. The van der Waals surface area contributed by atoms with Crippen LogP contribution in [0.3, 0.4) is 0 Å². The Labute approximate surface area is 119 Å². The summed E-state index contributed by atoms with van der Waals surface area (Å²) in [6.07, 6.45) is 2.45. The molecule has 0 aromatic heterocycles. The van der Waals surface area contributed by atoms with Gasteiger partial charge in [0.2, 0.25) is 0 Å². The first kappa shape index (κ1) is 14.2. The first-order chi connectivity index (χ1) is 9.11. The third-order valence-electron chi connectivity index (χ3n) is 3.68. The summed E-state index contributed by atoms with van der Waals surface area (Å²) in [5.74, 6) is -0.365. The molecular weight excluding hydrogens is 261 g/mol. The molecule has 1 aromatic carbocycles. The smallest absolute Gasteiger partial charge is 0.135 e. The van der Waals surface area contributed by atoms with Gasteiger partial charge >= 0.3 is 0 Å². The zero-order valence-electron chi connectivity index (χ0n) is 11.2. The molecule has 19 heavy (non-hydrogen) atoms. The van der Waals surface area contributed by atoms with Crippen molar-refractivity contribution in [2.24, 2.45) is 5.73 Å². The Hall–Kier alpha value is -1.20. The number of anilines is 1. The standard InChI is InChI=1S/C14H20FN3S/c1-2-18-7-3-4-11(18)9-17-10-5-6-12(14(16)19)13(15)8-10/h5-6,8,11,17H,2-4,7,9H2,1H3,(H2,16,19). The van der Waals surface area contributed by atoms with Crippen molar-refractivity contribution in [3.05, 3.63) is 29.6 Å². The highest BCUT2D eigenvalue weighted by Gasteiger charge is 2.22. The molecule has 5 heteroatoms. The van der Waals surface area contributed by atoms with Crippen molar-refractivity contribution in [2.45, 2.75) is 25.8 Å². The molecule has 1 saturated heterocycles. The van der Waals surface area contributed by atoms with Crippen LogP contribution in [0.4, 0.5) is 10.1 Å². The van der Waals surface area contributed by atoms with Crippen LogP contribution in [0.25, 0.3) is 0 Å². The van der Waals surface area contributed by atoms with E-state index in [9.17, 15) is 4.39 Å². The number of hydrogen-bond acceptors (Lipinski definition) is 3. The molecule has 0 amide bonds. The number of nitrogens with zero attached hydrogens (tertiary/aromatic N) is 1. The van der Waals surface area contributed by atoms with Crippen molar-refractivity contribution in [1.82, 2.24) is 4.90 Å². The predicted octanol–water partition coefficient (Wildman–Crippen LogP) is 2.36. The lowest BCUT2D eigenvalue weighted by Gasteiger charge is -2.23. The number of thiocarbonyl (C=S) groups is 1. The third kappa shape index (κ3) is 3.42. The summed E-state index contributed by atoms with van der Waals surface area (Å²) in [6, 6.07) is 5.46. The second-order valence-electron chi connectivity index (χ2n) is 4.86.